The van der Waals surface area contributed by atoms with Gasteiger partial charge in [-0.2, -0.15) is 0 Å². The molecule has 0 aliphatic rings. The molecule has 0 aromatic heterocycles. The molecule has 11 heavy (non-hydrogen) atoms. The average Bonchev–Trinajstić information content (AvgIpc) is 1.82. The lowest BCUT2D eigenvalue weighted by Crippen LogP contribution is -2.39. The molecule has 0 aliphatic heterocycles. The molecule has 0 fully saturated rings. The Hall–Kier alpha value is -1.06. The van der Waals surface area contributed by atoms with Crippen LogP contribution in [0.5, 0.6) is 0 Å². The van der Waals surface area contributed by atoms with E-state index in [1.54, 1.807) is 20.8 Å². The molecule has 1 N–H and O–H groups in total. The number of carbonyl (C=O) groups is 2. The summed E-state index contributed by atoms with van der Waals surface area (Å²) in [6.07, 6.45) is -1.22. The first kappa shape index (κ1) is 9.94. The van der Waals surface area contributed by atoms with Gasteiger partial charge in [-0.05, 0) is 0 Å². The van der Waals surface area contributed by atoms with Crippen molar-refractivity contribution in [1.82, 2.24) is 4.90 Å². The fourth-order valence-electron chi connectivity index (χ4n) is 0.590. The minimum atomic E-state index is -1.22. The van der Waals surface area contributed by atoms with Crippen molar-refractivity contribution in [2.45, 2.75) is 20.8 Å². The number of rotatable bonds is 0. The molecular formula is C7H13NO3. The van der Waals surface area contributed by atoms with Gasteiger partial charge < -0.3 is 5.11 Å². The van der Waals surface area contributed by atoms with Gasteiger partial charge in [0, 0.05) is 12.5 Å². The summed E-state index contributed by atoms with van der Waals surface area (Å²) in [5.41, 5.74) is -0.632. The Morgan fingerprint density at radius 3 is 1.73 bits per heavy atom. The molecule has 0 spiro atoms. The standard InChI is InChI=1S/C7H13NO3/c1-7(2,3)5(9)8(4)6(10)11/h1-4H3,(H,10,11). The van der Waals surface area contributed by atoms with E-state index in [-0.39, 0.29) is 0 Å². The number of hydrogen-bond acceptors (Lipinski definition) is 2. The van der Waals surface area contributed by atoms with E-state index in [4.69, 9.17) is 5.11 Å². The molecule has 0 saturated carbocycles. The minimum Gasteiger partial charge on any atom is -0.465 e. The molecule has 2 amide bonds. The summed E-state index contributed by atoms with van der Waals surface area (Å²) >= 11 is 0. The van der Waals surface area contributed by atoms with Crippen LogP contribution in [0.2, 0.25) is 0 Å². The Bertz CT molecular complexity index is 181. The molecule has 4 nitrogen and oxygen atoms in total. The monoisotopic (exact) mass is 159 g/mol. The van der Waals surface area contributed by atoms with Crippen LogP contribution in [0.15, 0.2) is 0 Å². The van der Waals surface area contributed by atoms with Gasteiger partial charge in [0.2, 0.25) is 5.91 Å². The second kappa shape index (κ2) is 2.90. The second-order valence-corrected chi connectivity index (χ2v) is 3.40. The largest absolute Gasteiger partial charge is 0.465 e. The Morgan fingerprint density at radius 2 is 1.64 bits per heavy atom. The van der Waals surface area contributed by atoms with Crippen LogP contribution in [0.3, 0.4) is 0 Å². The van der Waals surface area contributed by atoms with Crippen molar-refractivity contribution in [3.8, 4) is 0 Å². The first-order chi connectivity index (χ1) is 4.76. The quantitative estimate of drug-likeness (QED) is 0.577. The van der Waals surface area contributed by atoms with Crippen molar-refractivity contribution < 1.29 is 14.7 Å². The molecule has 0 atom stereocenters. The van der Waals surface area contributed by atoms with E-state index in [9.17, 15) is 9.59 Å². The fourth-order valence-corrected chi connectivity index (χ4v) is 0.590. The van der Waals surface area contributed by atoms with Crippen LogP contribution in [-0.2, 0) is 4.79 Å². The van der Waals surface area contributed by atoms with E-state index in [0.29, 0.717) is 4.90 Å². The molecule has 0 saturated heterocycles. The van der Waals surface area contributed by atoms with Gasteiger partial charge >= 0.3 is 6.09 Å². The number of amides is 2. The van der Waals surface area contributed by atoms with Crippen molar-refractivity contribution in [3.63, 3.8) is 0 Å². The van der Waals surface area contributed by atoms with Crippen LogP contribution < -0.4 is 0 Å². The molecular weight excluding hydrogens is 146 g/mol. The maximum Gasteiger partial charge on any atom is 0.413 e. The van der Waals surface area contributed by atoms with E-state index in [1.165, 1.54) is 7.05 Å². The molecule has 4 heteroatoms. The lowest BCUT2D eigenvalue weighted by molar-refractivity contribution is -0.135. The molecule has 0 rings (SSSR count). The maximum atomic E-state index is 11.2. The highest BCUT2D eigenvalue weighted by Gasteiger charge is 2.28. The van der Waals surface area contributed by atoms with E-state index in [1.807, 2.05) is 0 Å². The van der Waals surface area contributed by atoms with E-state index in [0.717, 1.165) is 0 Å². The van der Waals surface area contributed by atoms with Gasteiger partial charge in [-0.25, -0.2) is 4.79 Å². The van der Waals surface area contributed by atoms with Crippen molar-refractivity contribution in [2.75, 3.05) is 7.05 Å². The lowest BCUT2D eigenvalue weighted by atomic mass is 9.95. The number of carboxylic acid groups (broad SMARTS) is 1. The molecule has 0 bridgehead atoms. The molecule has 0 radical (unpaired) electrons. The highest BCUT2D eigenvalue weighted by atomic mass is 16.4. The number of imide groups is 1. The van der Waals surface area contributed by atoms with Gasteiger partial charge in [-0.3, -0.25) is 9.69 Å². The summed E-state index contributed by atoms with van der Waals surface area (Å²) < 4.78 is 0. The third kappa shape index (κ3) is 2.57. The van der Waals surface area contributed by atoms with Gasteiger partial charge in [0.05, 0.1) is 0 Å². The molecule has 0 unspecified atom stereocenters. The van der Waals surface area contributed by atoms with E-state index < -0.39 is 17.4 Å². The van der Waals surface area contributed by atoms with E-state index in [2.05, 4.69) is 0 Å². The predicted octanol–water partition coefficient (Wildman–Crippen LogP) is 1.17. The summed E-state index contributed by atoms with van der Waals surface area (Å²) in [5, 5.41) is 8.42. The zero-order chi connectivity index (χ0) is 9.23. The Labute approximate surface area is 65.8 Å². The van der Waals surface area contributed by atoms with Gasteiger partial charge in [0.1, 0.15) is 0 Å². The maximum absolute atomic E-state index is 11.2. The summed E-state index contributed by atoms with van der Waals surface area (Å²) in [4.78, 5) is 22.1. The van der Waals surface area contributed by atoms with Gasteiger partial charge in [0.15, 0.2) is 0 Å². The SMILES string of the molecule is CN(C(=O)O)C(=O)C(C)(C)C. The summed E-state index contributed by atoms with van der Waals surface area (Å²) in [5.74, 6) is -0.398. The average molecular weight is 159 g/mol. The van der Waals surface area contributed by atoms with Crippen LogP contribution in [-0.4, -0.2) is 29.1 Å². The zero-order valence-electron chi connectivity index (χ0n) is 7.21. The lowest BCUT2D eigenvalue weighted by Gasteiger charge is -2.21. The summed E-state index contributed by atoms with van der Waals surface area (Å²) in [6, 6.07) is 0. The number of hydrogen-bond donors (Lipinski definition) is 1. The first-order valence-electron chi connectivity index (χ1n) is 3.28. The van der Waals surface area contributed by atoms with Crippen LogP contribution in [0, 0.1) is 5.41 Å². The van der Waals surface area contributed by atoms with Crippen LogP contribution in [0.1, 0.15) is 20.8 Å². The van der Waals surface area contributed by atoms with Crippen LogP contribution >= 0.6 is 0 Å². The van der Waals surface area contributed by atoms with Crippen molar-refractivity contribution in [1.29, 1.82) is 0 Å². The van der Waals surface area contributed by atoms with Gasteiger partial charge in [-0.1, -0.05) is 20.8 Å². The smallest absolute Gasteiger partial charge is 0.413 e. The second-order valence-electron chi connectivity index (χ2n) is 3.40. The number of nitrogens with zero attached hydrogens (tertiary/aromatic N) is 1. The van der Waals surface area contributed by atoms with Crippen molar-refractivity contribution >= 4 is 12.0 Å². The molecule has 0 aromatic carbocycles. The van der Waals surface area contributed by atoms with Gasteiger partial charge in [0.25, 0.3) is 0 Å². The third-order valence-electron chi connectivity index (χ3n) is 1.23. The Morgan fingerprint density at radius 1 is 1.27 bits per heavy atom. The summed E-state index contributed by atoms with van der Waals surface area (Å²) in [7, 11) is 1.25. The molecule has 0 aromatic rings. The molecule has 64 valence electrons. The number of carbonyl (C=O) groups excluding carboxylic acids is 1. The Balaban J connectivity index is 4.39. The van der Waals surface area contributed by atoms with Crippen LogP contribution in [0.25, 0.3) is 0 Å². The topological polar surface area (TPSA) is 57.6 Å². The minimum absolute atomic E-state index is 0.398. The molecule has 0 aliphatic carbocycles. The molecule has 0 heterocycles. The van der Waals surface area contributed by atoms with E-state index >= 15 is 0 Å². The fraction of sp³-hybridized carbons (Fsp3) is 0.714. The van der Waals surface area contributed by atoms with Crippen molar-refractivity contribution in [2.24, 2.45) is 5.41 Å². The van der Waals surface area contributed by atoms with Crippen LogP contribution in [0.4, 0.5) is 4.79 Å². The highest BCUT2D eigenvalue weighted by Crippen LogP contribution is 2.15. The normalized spacial score (nSPS) is 10.9. The first-order valence-corrected chi connectivity index (χ1v) is 3.28. The third-order valence-corrected chi connectivity index (χ3v) is 1.23. The Kier molecular flexibility index (Phi) is 2.62. The van der Waals surface area contributed by atoms with Gasteiger partial charge in [-0.15, -0.1) is 0 Å². The highest BCUT2D eigenvalue weighted by molar-refractivity contribution is 5.93. The predicted molar refractivity (Wildman–Crippen MR) is 40.2 cm³/mol. The zero-order valence-corrected chi connectivity index (χ0v) is 7.21. The summed E-state index contributed by atoms with van der Waals surface area (Å²) in [6.45, 7) is 5.03. The van der Waals surface area contributed by atoms with Crippen molar-refractivity contribution in [3.05, 3.63) is 0 Å².